The molecule has 4 rings (SSSR count). The van der Waals surface area contributed by atoms with Crippen molar-refractivity contribution in [3.8, 4) is 17.2 Å². The summed E-state index contributed by atoms with van der Waals surface area (Å²) < 4.78 is 46.3. The molecular weight excluding hydrogens is 513 g/mol. The molecule has 0 saturated carbocycles. The van der Waals surface area contributed by atoms with Gasteiger partial charge >= 0.3 is 8.25 Å². The molecule has 36 heavy (non-hydrogen) atoms. The monoisotopic (exact) mass is 540 g/mol. The van der Waals surface area contributed by atoms with Crippen LogP contribution in [-0.2, 0) is 24.3 Å². The minimum Gasteiger partial charge on any atom is -0.496 e. The molecule has 4 atom stereocenters. The number of nitrogens with two attached hydrogens (primary N) is 1. The second-order valence-electron chi connectivity index (χ2n) is 7.66. The number of anilines is 1. The Morgan fingerprint density at radius 2 is 1.94 bits per heavy atom. The summed E-state index contributed by atoms with van der Waals surface area (Å²) in [6, 6.07) is 3.59. The largest absolute Gasteiger partial charge is 0.694 e. The molecule has 1 aliphatic rings. The fraction of sp³-hybridized carbons (Fsp3) is 0.476. The minimum atomic E-state index is -2.77. The van der Waals surface area contributed by atoms with Crippen molar-refractivity contribution in [1.29, 1.82) is 0 Å². The predicted molar refractivity (Wildman–Crippen MR) is 131 cm³/mol. The highest BCUT2D eigenvalue weighted by molar-refractivity contribution is 7.98. The Hall–Kier alpha value is -2.74. The minimum absolute atomic E-state index is 0.110. The van der Waals surface area contributed by atoms with Gasteiger partial charge in [0.25, 0.3) is 0 Å². The van der Waals surface area contributed by atoms with Gasteiger partial charge in [-0.3, -0.25) is 4.57 Å². The van der Waals surface area contributed by atoms with Gasteiger partial charge in [-0.2, -0.15) is 0 Å². The first-order valence-corrected chi connectivity index (χ1v) is 13.1. The molecule has 0 amide bonds. The van der Waals surface area contributed by atoms with Crippen LogP contribution in [-0.4, -0.2) is 70.5 Å². The number of hydrogen-bond donors (Lipinski definition) is 2. The summed E-state index contributed by atoms with van der Waals surface area (Å²) in [4.78, 5) is 21.6. The van der Waals surface area contributed by atoms with E-state index in [1.807, 2.05) is 0 Å². The van der Waals surface area contributed by atoms with Gasteiger partial charge < -0.3 is 29.4 Å². The maximum Gasteiger partial charge on any atom is 0.694 e. The highest BCUT2D eigenvalue weighted by atomic mass is 32.2. The molecule has 194 valence electrons. The molecule has 3 N–H and O–H groups in total. The predicted octanol–water partition coefficient (Wildman–Crippen LogP) is 2.66. The van der Waals surface area contributed by atoms with Crippen molar-refractivity contribution in [3.63, 3.8) is 0 Å². The first-order chi connectivity index (χ1) is 17.4. The quantitative estimate of drug-likeness (QED) is 0.196. The van der Waals surface area contributed by atoms with Crippen LogP contribution in [0.2, 0.25) is 0 Å². The molecule has 1 saturated heterocycles. The molecule has 3 heterocycles. The average Bonchev–Trinajstić information content (AvgIpc) is 3.49. The first kappa shape index (κ1) is 26.3. The van der Waals surface area contributed by atoms with Gasteiger partial charge in [-0.1, -0.05) is 0 Å². The van der Waals surface area contributed by atoms with Crippen LogP contribution in [0, 0.1) is 0 Å². The van der Waals surface area contributed by atoms with Crippen LogP contribution in [0.4, 0.5) is 5.82 Å². The fourth-order valence-electron chi connectivity index (χ4n) is 3.91. The van der Waals surface area contributed by atoms with Crippen molar-refractivity contribution in [1.82, 2.24) is 19.5 Å². The second-order valence-corrected chi connectivity index (χ2v) is 9.33. The maximum absolute atomic E-state index is 11.1. The van der Waals surface area contributed by atoms with E-state index in [0.717, 1.165) is 5.56 Å². The van der Waals surface area contributed by atoms with Crippen molar-refractivity contribution < 1.29 is 37.7 Å². The number of methoxy groups -OCH3 is 3. The number of fused-ring (bicyclic) bond motifs is 1. The Balaban J connectivity index is 1.43. The molecule has 3 aromatic rings. The van der Waals surface area contributed by atoms with Gasteiger partial charge in [-0.15, -0.1) is 21.2 Å². The lowest BCUT2D eigenvalue weighted by Crippen LogP contribution is -2.28. The number of hydrogen-bond acceptors (Lipinski definition) is 12. The van der Waals surface area contributed by atoms with Crippen LogP contribution in [0.3, 0.4) is 0 Å². The number of rotatable bonds is 12. The topological polar surface area (TPSA) is 162 Å². The van der Waals surface area contributed by atoms with E-state index < -0.39 is 26.7 Å². The van der Waals surface area contributed by atoms with Gasteiger partial charge in [-0.05, 0) is 0 Å². The number of thioether (sulfide) groups is 1. The van der Waals surface area contributed by atoms with E-state index in [0.29, 0.717) is 46.5 Å². The highest BCUT2D eigenvalue weighted by Crippen LogP contribution is 2.38. The van der Waals surface area contributed by atoms with Crippen molar-refractivity contribution >= 4 is 37.0 Å². The Kier molecular flexibility index (Phi) is 8.77. The van der Waals surface area contributed by atoms with E-state index in [1.165, 1.54) is 18.1 Å². The van der Waals surface area contributed by atoms with Gasteiger partial charge in [0, 0.05) is 34.4 Å². The molecule has 13 nitrogen and oxygen atoms in total. The molecule has 0 radical (unpaired) electrons. The Morgan fingerprint density at radius 1 is 1.19 bits per heavy atom. The fourth-order valence-corrected chi connectivity index (χ4v) is 5.03. The molecule has 0 spiro atoms. The van der Waals surface area contributed by atoms with Crippen molar-refractivity contribution in [2.75, 3.05) is 39.6 Å². The maximum atomic E-state index is 11.1. The zero-order valence-corrected chi connectivity index (χ0v) is 21.6. The normalized spacial score (nSPS) is 20.0. The van der Waals surface area contributed by atoms with Gasteiger partial charge in [-0.25, -0.2) is 15.0 Å². The molecular formula is C21H27N5O8PS+. The van der Waals surface area contributed by atoms with E-state index >= 15 is 0 Å². The Morgan fingerprint density at radius 3 is 2.61 bits per heavy atom. The van der Waals surface area contributed by atoms with Crippen molar-refractivity contribution in [2.45, 2.75) is 30.6 Å². The molecule has 2 aromatic heterocycles. The lowest BCUT2D eigenvalue weighted by Gasteiger charge is -2.17. The van der Waals surface area contributed by atoms with E-state index in [2.05, 4.69) is 15.0 Å². The third-order valence-electron chi connectivity index (χ3n) is 5.66. The summed E-state index contributed by atoms with van der Waals surface area (Å²) in [6.45, 7) is -0.110. The van der Waals surface area contributed by atoms with Gasteiger partial charge in [0.05, 0.1) is 39.7 Å². The van der Waals surface area contributed by atoms with Gasteiger partial charge in [0.1, 0.15) is 48.0 Å². The smallest absolute Gasteiger partial charge is 0.496 e. The highest BCUT2D eigenvalue weighted by Gasteiger charge is 2.39. The zero-order chi connectivity index (χ0) is 25.7. The van der Waals surface area contributed by atoms with Crippen LogP contribution in [0.1, 0.15) is 18.2 Å². The van der Waals surface area contributed by atoms with E-state index in [-0.39, 0.29) is 12.4 Å². The Bertz CT molecular complexity index is 1190. The number of aromatic nitrogens is 4. The van der Waals surface area contributed by atoms with Crippen LogP contribution in [0.5, 0.6) is 17.2 Å². The SMILES string of the molecule is COc1cc(OC)c(CSCO[C@H]2C[C@H](n3cnc4c(N)ncnc43)O[C@@H]2CO[P+](=O)O)c(OC)c1. The van der Waals surface area contributed by atoms with Crippen LogP contribution in [0.25, 0.3) is 11.2 Å². The van der Waals surface area contributed by atoms with Gasteiger partial charge in [0.2, 0.25) is 0 Å². The van der Waals surface area contributed by atoms with Crippen molar-refractivity contribution in [3.05, 3.63) is 30.4 Å². The second kappa shape index (κ2) is 12.0. The van der Waals surface area contributed by atoms with Crippen LogP contribution >= 0.6 is 20.0 Å². The average molecular weight is 541 g/mol. The number of nitrogen functional groups attached to an aromatic ring is 1. The lowest BCUT2D eigenvalue weighted by molar-refractivity contribution is -0.0487. The third-order valence-corrected chi connectivity index (χ3v) is 6.82. The third kappa shape index (κ3) is 5.80. The summed E-state index contributed by atoms with van der Waals surface area (Å²) in [6.07, 6.45) is 1.91. The molecule has 15 heteroatoms. The van der Waals surface area contributed by atoms with Crippen LogP contribution < -0.4 is 19.9 Å². The summed E-state index contributed by atoms with van der Waals surface area (Å²) in [5.41, 5.74) is 7.75. The summed E-state index contributed by atoms with van der Waals surface area (Å²) in [7, 11) is 1.98. The molecule has 1 aromatic carbocycles. The molecule has 0 bridgehead atoms. The molecule has 1 fully saturated rings. The van der Waals surface area contributed by atoms with E-state index in [4.69, 9.17) is 38.8 Å². The van der Waals surface area contributed by atoms with Crippen LogP contribution in [0.15, 0.2) is 24.8 Å². The summed E-state index contributed by atoms with van der Waals surface area (Å²) >= 11 is 1.51. The molecule has 1 unspecified atom stereocenters. The van der Waals surface area contributed by atoms with E-state index in [9.17, 15) is 4.57 Å². The van der Waals surface area contributed by atoms with Crippen molar-refractivity contribution in [2.24, 2.45) is 0 Å². The number of ether oxygens (including phenoxy) is 5. The Labute approximate surface area is 212 Å². The molecule has 0 aliphatic carbocycles. The number of imidazole rings is 1. The summed E-state index contributed by atoms with van der Waals surface area (Å²) in [5, 5.41) is 0. The summed E-state index contributed by atoms with van der Waals surface area (Å²) in [5.74, 6) is 3.07. The molecule has 1 aliphatic heterocycles. The standard InChI is InChI=1S/C21H26N5O8PS/c1-29-12-4-14(30-2)13(15(5-12)31-3)8-36-11-32-16-6-18(34-17(16)7-33-35(27)28)26-10-25-19-20(22)23-9-24-21(19)26/h4-5,9-10,16-18H,6-8,11H2,1-3H3,(H2-,22,23,24,27,28)/p+1/t16-,17+,18+/m0/s1. The first-order valence-electron chi connectivity index (χ1n) is 10.8. The zero-order valence-electron chi connectivity index (χ0n) is 19.9. The number of nitrogens with zero attached hydrogens (tertiary/aromatic N) is 4. The number of benzene rings is 1. The van der Waals surface area contributed by atoms with Gasteiger partial charge in [0.15, 0.2) is 11.5 Å². The van der Waals surface area contributed by atoms with E-state index in [1.54, 1.807) is 44.4 Å². The lowest BCUT2D eigenvalue weighted by atomic mass is 10.2.